The summed E-state index contributed by atoms with van der Waals surface area (Å²) >= 11 is 0. The maximum absolute atomic E-state index is 11.8. The van der Waals surface area contributed by atoms with Crippen molar-refractivity contribution in [3.05, 3.63) is 41.6 Å². The molecule has 0 amide bonds. The van der Waals surface area contributed by atoms with Crippen molar-refractivity contribution < 1.29 is 0 Å². The van der Waals surface area contributed by atoms with Gasteiger partial charge in [-0.3, -0.25) is 0 Å². The fraction of sp³-hybridized carbons (Fsp3) is 0.273. The smallest absolute Gasteiger partial charge is 0.140 e. The molecule has 1 saturated heterocycles. The second-order valence-electron chi connectivity index (χ2n) is 3.63. The van der Waals surface area contributed by atoms with E-state index in [0.717, 1.165) is 16.8 Å². The van der Waals surface area contributed by atoms with E-state index in [4.69, 9.17) is 0 Å². The molecule has 1 aromatic rings. The number of rotatable bonds is 2. The normalized spacial score (nSPS) is 18.3. The summed E-state index contributed by atoms with van der Waals surface area (Å²) < 4.78 is -0.164. The number of hydrogen-bond acceptors (Lipinski definition) is 1. The van der Waals surface area contributed by atoms with Crippen LogP contribution in [0.2, 0.25) is 0 Å². The first-order valence-electron chi connectivity index (χ1n) is 4.47. The third kappa shape index (κ3) is 1.39. The Morgan fingerprint density at radius 2 is 2.00 bits per heavy atom. The maximum Gasteiger partial charge on any atom is 0.140 e. The molecule has 1 heterocycles. The molecule has 0 aliphatic carbocycles. The van der Waals surface area contributed by atoms with E-state index in [1.165, 1.54) is 0 Å². The summed E-state index contributed by atoms with van der Waals surface area (Å²) in [6.45, 7) is 7.24. The number of quaternary nitrogens is 1. The van der Waals surface area contributed by atoms with Gasteiger partial charge in [-0.1, -0.05) is 18.7 Å². The van der Waals surface area contributed by atoms with Gasteiger partial charge >= 0.3 is 0 Å². The summed E-state index contributed by atoms with van der Waals surface area (Å²) in [6, 6.07) is 7.74. The molecule has 0 saturated carbocycles. The van der Waals surface area contributed by atoms with E-state index in [1.807, 2.05) is 31.2 Å². The summed E-state index contributed by atoms with van der Waals surface area (Å²) in [5, 5.41) is 11.8. The minimum absolute atomic E-state index is 0.164. The quantitative estimate of drug-likeness (QED) is 0.385. The lowest BCUT2D eigenvalue weighted by Gasteiger charge is -2.23. The van der Waals surface area contributed by atoms with Crippen molar-refractivity contribution in [3.63, 3.8) is 0 Å². The van der Waals surface area contributed by atoms with Crippen molar-refractivity contribution in [2.75, 3.05) is 13.1 Å². The van der Waals surface area contributed by atoms with Gasteiger partial charge in [0.15, 0.2) is 0 Å². The molecule has 2 nitrogen and oxygen atoms in total. The highest BCUT2D eigenvalue weighted by Gasteiger charge is 2.36. The summed E-state index contributed by atoms with van der Waals surface area (Å²) in [5.41, 5.74) is 2.85. The van der Waals surface area contributed by atoms with Crippen LogP contribution in [0.15, 0.2) is 30.8 Å². The SMILES string of the molecule is C=C(C)c1ccccc1[N+]1([O-])CC1. The summed E-state index contributed by atoms with van der Waals surface area (Å²) in [6.07, 6.45) is 0. The van der Waals surface area contributed by atoms with Crippen molar-refractivity contribution in [3.8, 4) is 0 Å². The Hall–Kier alpha value is -1.12. The van der Waals surface area contributed by atoms with Gasteiger partial charge in [-0.2, -0.15) is 0 Å². The molecule has 0 atom stereocenters. The fourth-order valence-electron chi connectivity index (χ4n) is 1.52. The fourth-order valence-corrected chi connectivity index (χ4v) is 1.52. The van der Waals surface area contributed by atoms with E-state index < -0.39 is 0 Å². The molecule has 0 aromatic heterocycles. The number of para-hydroxylation sites is 1. The van der Waals surface area contributed by atoms with Gasteiger partial charge < -0.3 is 9.85 Å². The standard InChI is InChI=1S/C11H13NO/c1-9(2)10-5-3-4-6-11(10)12(13)7-8-12/h3-6H,1,7-8H2,2H3. The molecule has 0 N–H and O–H groups in total. The van der Waals surface area contributed by atoms with Gasteiger partial charge in [0.05, 0.1) is 0 Å². The number of hydroxylamine groups is 2. The number of allylic oxidation sites excluding steroid dienone is 1. The minimum atomic E-state index is -0.164. The van der Waals surface area contributed by atoms with Crippen LogP contribution in [0.25, 0.3) is 5.57 Å². The van der Waals surface area contributed by atoms with Crippen molar-refractivity contribution in [1.82, 2.24) is 4.65 Å². The third-order valence-corrected chi connectivity index (χ3v) is 2.43. The van der Waals surface area contributed by atoms with Crippen LogP contribution in [0.1, 0.15) is 12.5 Å². The van der Waals surface area contributed by atoms with Crippen LogP contribution >= 0.6 is 0 Å². The van der Waals surface area contributed by atoms with Gasteiger partial charge in [0.2, 0.25) is 0 Å². The van der Waals surface area contributed by atoms with E-state index in [1.54, 1.807) is 0 Å². The second-order valence-corrected chi connectivity index (χ2v) is 3.63. The molecule has 13 heavy (non-hydrogen) atoms. The first-order valence-corrected chi connectivity index (χ1v) is 4.47. The first-order chi connectivity index (χ1) is 6.13. The van der Waals surface area contributed by atoms with Crippen molar-refractivity contribution in [1.29, 1.82) is 0 Å². The largest absolute Gasteiger partial charge is 0.627 e. The number of nitrogens with zero attached hydrogens (tertiary/aromatic N) is 1. The van der Waals surface area contributed by atoms with E-state index in [9.17, 15) is 5.21 Å². The molecule has 1 aromatic carbocycles. The van der Waals surface area contributed by atoms with Gasteiger partial charge in [-0.15, -0.1) is 0 Å². The molecular weight excluding hydrogens is 162 g/mol. The van der Waals surface area contributed by atoms with Crippen molar-refractivity contribution in [2.45, 2.75) is 6.92 Å². The molecule has 2 heteroatoms. The number of benzene rings is 1. The topological polar surface area (TPSA) is 23.1 Å². The average Bonchev–Trinajstić information content (AvgIpc) is 2.85. The zero-order valence-electron chi connectivity index (χ0n) is 7.79. The van der Waals surface area contributed by atoms with Gasteiger partial charge in [-0.25, -0.2) is 0 Å². The Morgan fingerprint density at radius 1 is 1.38 bits per heavy atom. The lowest BCUT2D eigenvalue weighted by molar-refractivity contribution is 0.729. The van der Waals surface area contributed by atoms with Crippen LogP contribution in [0.4, 0.5) is 5.69 Å². The Bertz CT molecular complexity index is 353. The molecule has 0 spiro atoms. The predicted molar refractivity (Wildman–Crippen MR) is 56.0 cm³/mol. The second kappa shape index (κ2) is 2.69. The van der Waals surface area contributed by atoms with Gasteiger partial charge in [-0.05, 0) is 18.6 Å². The minimum Gasteiger partial charge on any atom is -0.627 e. The van der Waals surface area contributed by atoms with Gasteiger partial charge in [0.25, 0.3) is 0 Å². The maximum atomic E-state index is 11.8. The Balaban J connectivity index is 2.50. The highest BCUT2D eigenvalue weighted by molar-refractivity contribution is 5.74. The molecule has 2 rings (SSSR count). The van der Waals surface area contributed by atoms with Crippen molar-refractivity contribution >= 4 is 11.3 Å². The molecule has 1 aliphatic rings. The molecule has 0 unspecified atom stereocenters. The van der Waals surface area contributed by atoms with Gasteiger partial charge in [0.1, 0.15) is 18.8 Å². The number of hydrogen-bond donors (Lipinski definition) is 0. The van der Waals surface area contributed by atoms with Crippen molar-refractivity contribution in [2.24, 2.45) is 0 Å². The average molecular weight is 175 g/mol. The Labute approximate surface area is 78.3 Å². The highest BCUT2D eigenvalue weighted by Crippen LogP contribution is 2.36. The molecule has 1 aliphatic heterocycles. The van der Waals surface area contributed by atoms with Gasteiger partial charge in [0, 0.05) is 11.6 Å². The van der Waals surface area contributed by atoms with Crippen LogP contribution < -0.4 is 4.65 Å². The molecular formula is C11H13NO. The summed E-state index contributed by atoms with van der Waals surface area (Å²) in [4.78, 5) is 0. The lowest BCUT2D eigenvalue weighted by atomic mass is 10.1. The third-order valence-electron chi connectivity index (χ3n) is 2.43. The molecule has 1 fully saturated rings. The van der Waals surface area contributed by atoms with Crippen LogP contribution in [-0.4, -0.2) is 13.1 Å². The summed E-state index contributed by atoms with van der Waals surface area (Å²) in [7, 11) is 0. The van der Waals surface area contributed by atoms with Crippen LogP contribution in [0.3, 0.4) is 0 Å². The molecule has 0 bridgehead atoms. The Kier molecular flexibility index (Phi) is 1.75. The van der Waals surface area contributed by atoms with Crippen LogP contribution in [0.5, 0.6) is 0 Å². The monoisotopic (exact) mass is 175 g/mol. The first kappa shape index (κ1) is 8.48. The van der Waals surface area contributed by atoms with E-state index in [-0.39, 0.29) is 4.65 Å². The van der Waals surface area contributed by atoms with Crippen LogP contribution in [0, 0.1) is 5.21 Å². The van der Waals surface area contributed by atoms with Crippen LogP contribution in [-0.2, 0) is 0 Å². The Morgan fingerprint density at radius 3 is 2.54 bits per heavy atom. The zero-order valence-corrected chi connectivity index (χ0v) is 7.79. The van der Waals surface area contributed by atoms with E-state index in [0.29, 0.717) is 13.1 Å². The van der Waals surface area contributed by atoms with E-state index >= 15 is 0 Å². The summed E-state index contributed by atoms with van der Waals surface area (Å²) in [5.74, 6) is 0. The lowest BCUT2D eigenvalue weighted by Crippen LogP contribution is -2.17. The molecule has 68 valence electrons. The highest BCUT2D eigenvalue weighted by atomic mass is 16.6. The zero-order chi connectivity index (χ0) is 9.47. The predicted octanol–water partition coefficient (Wildman–Crippen LogP) is 2.54. The van der Waals surface area contributed by atoms with E-state index in [2.05, 4.69) is 6.58 Å². The molecule has 0 radical (unpaired) electrons.